The lowest BCUT2D eigenvalue weighted by Gasteiger charge is -2.43. The van der Waals surface area contributed by atoms with Crippen LogP contribution in [0.15, 0.2) is 22.7 Å². The second-order valence-corrected chi connectivity index (χ2v) is 13.2. The maximum atomic E-state index is 15.1. The molecule has 2 fully saturated rings. The molecular formula is C29H45BrClFN4O4. The van der Waals surface area contributed by atoms with Crippen molar-refractivity contribution < 1.29 is 23.5 Å². The summed E-state index contributed by atoms with van der Waals surface area (Å²) in [6.45, 7) is 14.2. The number of hydrogen-bond donors (Lipinski definition) is 1. The Morgan fingerprint density at radius 3 is 2.38 bits per heavy atom. The van der Waals surface area contributed by atoms with Gasteiger partial charge in [0, 0.05) is 62.7 Å². The van der Waals surface area contributed by atoms with E-state index < -0.39 is 12.0 Å². The van der Waals surface area contributed by atoms with Gasteiger partial charge in [-0.05, 0) is 50.8 Å². The van der Waals surface area contributed by atoms with Crippen LogP contribution in [-0.4, -0.2) is 96.5 Å². The van der Waals surface area contributed by atoms with Gasteiger partial charge >= 0.3 is 0 Å². The van der Waals surface area contributed by atoms with Crippen molar-refractivity contribution in [3.05, 3.63) is 34.1 Å². The fourth-order valence-electron chi connectivity index (χ4n) is 5.77. The molecule has 11 heteroatoms. The maximum absolute atomic E-state index is 15.1. The van der Waals surface area contributed by atoms with Gasteiger partial charge in [0.25, 0.3) is 0 Å². The van der Waals surface area contributed by atoms with Crippen LogP contribution < -0.4 is 5.32 Å². The summed E-state index contributed by atoms with van der Waals surface area (Å²) in [6, 6.07) is 4.11. The molecule has 40 heavy (non-hydrogen) atoms. The first-order valence-electron chi connectivity index (χ1n) is 13.8. The Labute approximate surface area is 252 Å². The average molecular weight is 648 g/mol. The third-order valence-electron chi connectivity index (χ3n) is 7.77. The molecule has 8 nitrogen and oxygen atoms in total. The number of ether oxygens (including phenoxy) is 1. The van der Waals surface area contributed by atoms with Gasteiger partial charge in [0.05, 0.1) is 18.6 Å². The van der Waals surface area contributed by atoms with Crippen LogP contribution in [0, 0.1) is 17.7 Å². The monoisotopic (exact) mass is 646 g/mol. The Bertz CT molecular complexity index is 1050. The molecule has 2 saturated heterocycles. The number of piperazine rings is 1. The Morgan fingerprint density at radius 2 is 1.82 bits per heavy atom. The van der Waals surface area contributed by atoms with E-state index in [4.69, 9.17) is 4.74 Å². The zero-order chi connectivity index (χ0) is 29.1. The molecule has 4 atom stereocenters. The maximum Gasteiger partial charge on any atom is 0.245 e. The van der Waals surface area contributed by atoms with Crippen molar-refractivity contribution >= 4 is 46.1 Å². The summed E-state index contributed by atoms with van der Waals surface area (Å²) in [5.41, 5.74) is 0.373. The Kier molecular flexibility index (Phi) is 12.4. The lowest BCUT2D eigenvalue weighted by atomic mass is 9.87. The van der Waals surface area contributed by atoms with Crippen molar-refractivity contribution in [1.82, 2.24) is 20.0 Å². The number of carbonyl (C=O) groups excluding carboxylic acids is 3. The number of amides is 3. The summed E-state index contributed by atoms with van der Waals surface area (Å²) >= 11 is 3.34. The van der Waals surface area contributed by atoms with Gasteiger partial charge in [0.1, 0.15) is 11.9 Å². The lowest BCUT2D eigenvalue weighted by molar-refractivity contribution is -0.149. The van der Waals surface area contributed by atoms with E-state index in [-0.39, 0.29) is 66.0 Å². The van der Waals surface area contributed by atoms with Crippen molar-refractivity contribution in [1.29, 1.82) is 0 Å². The first kappa shape index (κ1) is 34.5. The Hall–Kier alpha value is -1.75. The normalized spacial score (nSPS) is 22.7. The van der Waals surface area contributed by atoms with Crippen molar-refractivity contribution in [2.24, 2.45) is 11.8 Å². The number of halogens is 3. The molecule has 2 aliphatic heterocycles. The molecule has 0 radical (unpaired) electrons. The third-order valence-corrected chi connectivity index (χ3v) is 8.26. The van der Waals surface area contributed by atoms with Crippen molar-refractivity contribution in [2.45, 2.75) is 71.5 Å². The van der Waals surface area contributed by atoms with Crippen molar-refractivity contribution in [2.75, 3.05) is 46.4 Å². The lowest BCUT2D eigenvalue weighted by Crippen LogP contribution is -2.62. The standard InChI is InChI=1S/C29H44BrFN4O4.ClH/c1-18(2)12-26(32-19(3)36)28(38)33-10-11-35(21(14-33)17-39-7)27(37)24-16-34(29(4,5)6)15-23(24)22-9-8-20(30)13-25(22)31;/h8-9,13,18,21,23-24,26H,10-12,14-17H2,1-7H3,(H,32,36);1H/t21-,23?,24?,26+;/m1./s1. The van der Waals surface area contributed by atoms with E-state index in [1.807, 2.05) is 24.8 Å². The zero-order valence-corrected chi connectivity index (χ0v) is 27.1. The molecule has 0 spiro atoms. The minimum Gasteiger partial charge on any atom is -0.382 e. The fourth-order valence-corrected chi connectivity index (χ4v) is 6.10. The molecule has 0 bridgehead atoms. The highest BCUT2D eigenvalue weighted by molar-refractivity contribution is 9.10. The van der Waals surface area contributed by atoms with Gasteiger partial charge in [-0.15, -0.1) is 12.4 Å². The summed E-state index contributed by atoms with van der Waals surface area (Å²) in [5, 5.41) is 2.80. The van der Waals surface area contributed by atoms with E-state index in [0.717, 1.165) is 0 Å². The van der Waals surface area contributed by atoms with Crippen LogP contribution >= 0.6 is 28.3 Å². The van der Waals surface area contributed by atoms with Gasteiger partial charge < -0.3 is 19.9 Å². The average Bonchev–Trinajstić information content (AvgIpc) is 3.28. The molecule has 3 rings (SSSR count). The first-order chi connectivity index (χ1) is 18.2. The molecule has 2 heterocycles. The van der Waals surface area contributed by atoms with E-state index in [0.29, 0.717) is 49.2 Å². The summed E-state index contributed by atoms with van der Waals surface area (Å²) in [6.07, 6.45) is 0.539. The minimum atomic E-state index is -0.604. The summed E-state index contributed by atoms with van der Waals surface area (Å²) < 4.78 is 21.3. The van der Waals surface area contributed by atoms with Gasteiger partial charge in [0.2, 0.25) is 17.7 Å². The molecule has 1 N–H and O–H groups in total. The highest BCUT2D eigenvalue weighted by atomic mass is 79.9. The van der Waals surface area contributed by atoms with Gasteiger partial charge in [0.15, 0.2) is 0 Å². The summed E-state index contributed by atoms with van der Waals surface area (Å²) in [5.74, 6) is -1.22. The first-order valence-corrected chi connectivity index (χ1v) is 14.6. The number of hydrogen-bond acceptors (Lipinski definition) is 5. The molecule has 226 valence electrons. The second kappa shape index (κ2) is 14.4. The molecule has 2 unspecified atom stereocenters. The van der Waals surface area contributed by atoms with Crippen LogP contribution in [-0.2, 0) is 19.1 Å². The Balaban J connectivity index is 0.00000560. The number of rotatable bonds is 8. The molecule has 3 amide bonds. The minimum absolute atomic E-state index is 0. The summed E-state index contributed by atoms with van der Waals surface area (Å²) in [4.78, 5) is 45.2. The van der Waals surface area contributed by atoms with E-state index in [1.165, 1.54) is 13.0 Å². The molecule has 1 aromatic carbocycles. The van der Waals surface area contributed by atoms with Crippen LogP contribution in [0.5, 0.6) is 0 Å². The number of benzene rings is 1. The van der Waals surface area contributed by atoms with Crippen molar-refractivity contribution in [3.63, 3.8) is 0 Å². The van der Waals surface area contributed by atoms with Crippen LogP contribution in [0.25, 0.3) is 0 Å². The highest BCUT2D eigenvalue weighted by Crippen LogP contribution is 2.39. The molecular weight excluding hydrogens is 603 g/mol. The second-order valence-electron chi connectivity index (χ2n) is 12.3. The van der Waals surface area contributed by atoms with Crippen molar-refractivity contribution in [3.8, 4) is 0 Å². The predicted molar refractivity (Wildman–Crippen MR) is 160 cm³/mol. The predicted octanol–water partition coefficient (Wildman–Crippen LogP) is 4.06. The van der Waals surface area contributed by atoms with E-state index in [2.05, 4.69) is 46.9 Å². The number of methoxy groups -OCH3 is 1. The topological polar surface area (TPSA) is 82.2 Å². The van der Waals surface area contributed by atoms with Crippen LogP contribution in [0.3, 0.4) is 0 Å². The molecule has 1 aromatic rings. The number of nitrogens with one attached hydrogen (secondary N) is 1. The zero-order valence-electron chi connectivity index (χ0n) is 24.7. The third kappa shape index (κ3) is 8.39. The van der Waals surface area contributed by atoms with E-state index >= 15 is 4.39 Å². The van der Waals surface area contributed by atoms with Crippen LogP contribution in [0.2, 0.25) is 0 Å². The summed E-state index contributed by atoms with van der Waals surface area (Å²) in [7, 11) is 1.58. The van der Waals surface area contributed by atoms with Crippen LogP contribution in [0.1, 0.15) is 59.4 Å². The molecule has 0 aliphatic carbocycles. The van der Waals surface area contributed by atoms with E-state index in [9.17, 15) is 14.4 Å². The van der Waals surface area contributed by atoms with Gasteiger partial charge in [-0.25, -0.2) is 4.39 Å². The molecule has 0 aromatic heterocycles. The largest absolute Gasteiger partial charge is 0.382 e. The molecule has 2 aliphatic rings. The number of nitrogens with zero attached hydrogens (tertiary/aromatic N) is 3. The van der Waals surface area contributed by atoms with Crippen LogP contribution in [0.4, 0.5) is 4.39 Å². The van der Waals surface area contributed by atoms with E-state index in [1.54, 1.807) is 18.1 Å². The number of likely N-dealkylation sites (tertiary alicyclic amines) is 1. The number of carbonyl (C=O) groups is 3. The van der Waals surface area contributed by atoms with Gasteiger partial charge in [-0.1, -0.05) is 35.8 Å². The quantitative estimate of drug-likeness (QED) is 0.461. The highest BCUT2D eigenvalue weighted by Gasteiger charge is 2.46. The molecule has 0 saturated carbocycles. The van der Waals surface area contributed by atoms with Gasteiger partial charge in [-0.3, -0.25) is 19.3 Å². The SMILES string of the molecule is COC[C@H]1CN(C(=O)[C@H](CC(C)C)NC(C)=O)CCN1C(=O)C1CN(C(C)(C)C)CC1c1ccc(Br)cc1F.Cl. The smallest absolute Gasteiger partial charge is 0.245 e. The van der Waals surface area contributed by atoms with Gasteiger partial charge in [-0.2, -0.15) is 0 Å². The fraction of sp³-hybridized carbons (Fsp3) is 0.690. The Morgan fingerprint density at radius 1 is 1.15 bits per heavy atom.